The van der Waals surface area contributed by atoms with Crippen molar-refractivity contribution in [3.63, 3.8) is 0 Å². The predicted octanol–water partition coefficient (Wildman–Crippen LogP) is 2.24. The van der Waals surface area contributed by atoms with Gasteiger partial charge in [-0.2, -0.15) is 0 Å². The maximum atomic E-state index is 11.8. The number of Topliss-reactive ketones (excluding diaryl/α,β-unsaturated/α-hetero) is 1. The maximum absolute atomic E-state index is 11.8. The van der Waals surface area contributed by atoms with E-state index in [1.807, 2.05) is 25.5 Å². The summed E-state index contributed by atoms with van der Waals surface area (Å²) in [5.41, 5.74) is 0.808. The second-order valence-electron chi connectivity index (χ2n) is 5.12. The van der Waals surface area contributed by atoms with E-state index in [0.717, 1.165) is 25.1 Å². The molecular weight excluding hydrogens is 202 g/mol. The lowest BCUT2D eigenvalue weighted by atomic mass is 9.88. The molecular formula is C12H21N3O. The van der Waals surface area contributed by atoms with E-state index in [1.54, 1.807) is 6.20 Å². The molecule has 0 saturated heterocycles. The Balaban J connectivity index is 2.54. The molecule has 16 heavy (non-hydrogen) atoms. The third-order valence-electron chi connectivity index (χ3n) is 2.58. The van der Waals surface area contributed by atoms with Crippen molar-refractivity contribution in [1.82, 2.24) is 15.0 Å². The standard InChI is InChI=1S/C12H21N3O/c1-5-8-15-10(9-13-14-15)6-7-11(16)12(2,3)4/h9H,5-8H2,1-4H3. The molecule has 0 radical (unpaired) electrons. The highest BCUT2D eigenvalue weighted by Gasteiger charge is 2.21. The first kappa shape index (κ1) is 12.9. The van der Waals surface area contributed by atoms with Crippen molar-refractivity contribution >= 4 is 5.78 Å². The Kier molecular flexibility index (Phi) is 4.21. The molecule has 1 aromatic heterocycles. The van der Waals surface area contributed by atoms with E-state index < -0.39 is 0 Å². The molecule has 4 nitrogen and oxygen atoms in total. The van der Waals surface area contributed by atoms with Gasteiger partial charge in [-0.1, -0.05) is 32.9 Å². The summed E-state index contributed by atoms with van der Waals surface area (Å²) in [4.78, 5) is 11.8. The fraction of sp³-hybridized carbons (Fsp3) is 0.750. The quantitative estimate of drug-likeness (QED) is 0.769. The van der Waals surface area contributed by atoms with Crippen LogP contribution in [0.15, 0.2) is 6.20 Å². The van der Waals surface area contributed by atoms with E-state index in [-0.39, 0.29) is 11.2 Å². The zero-order chi connectivity index (χ0) is 12.2. The van der Waals surface area contributed by atoms with Crippen LogP contribution in [0.2, 0.25) is 0 Å². The van der Waals surface area contributed by atoms with Crippen molar-refractivity contribution < 1.29 is 4.79 Å². The number of carbonyl (C=O) groups is 1. The molecule has 0 atom stereocenters. The number of aryl methyl sites for hydroxylation is 2. The Morgan fingerprint density at radius 1 is 1.44 bits per heavy atom. The Hall–Kier alpha value is -1.19. The third-order valence-corrected chi connectivity index (χ3v) is 2.58. The van der Waals surface area contributed by atoms with Gasteiger partial charge in [-0.25, -0.2) is 4.68 Å². The van der Waals surface area contributed by atoms with Gasteiger partial charge in [0.05, 0.1) is 11.9 Å². The van der Waals surface area contributed by atoms with Crippen molar-refractivity contribution in [3.05, 3.63) is 11.9 Å². The van der Waals surface area contributed by atoms with E-state index in [0.29, 0.717) is 6.42 Å². The third kappa shape index (κ3) is 3.43. The summed E-state index contributed by atoms with van der Waals surface area (Å²) in [6.45, 7) is 8.84. The molecule has 0 aromatic carbocycles. The second-order valence-corrected chi connectivity index (χ2v) is 5.12. The number of carbonyl (C=O) groups excluding carboxylic acids is 1. The average Bonchev–Trinajstić information content (AvgIpc) is 2.61. The topological polar surface area (TPSA) is 47.8 Å². The molecule has 90 valence electrons. The molecule has 0 aliphatic rings. The van der Waals surface area contributed by atoms with E-state index in [4.69, 9.17) is 0 Å². The van der Waals surface area contributed by atoms with Crippen molar-refractivity contribution in [1.29, 1.82) is 0 Å². The van der Waals surface area contributed by atoms with Crippen LogP contribution >= 0.6 is 0 Å². The Labute approximate surface area is 97.0 Å². The molecule has 4 heteroatoms. The van der Waals surface area contributed by atoms with E-state index in [2.05, 4.69) is 17.2 Å². The van der Waals surface area contributed by atoms with Crippen LogP contribution in [0.4, 0.5) is 0 Å². The molecule has 0 spiro atoms. The fourth-order valence-corrected chi connectivity index (χ4v) is 1.49. The van der Waals surface area contributed by atoms with Crippen molar-refractivity contribution in [2.45, 2.75) is 53.5 Å². The minimum Gasteiger partial charge on any atom is -0.299 e. The highest BCUT2D eigenvalue weighted by atomic mass is 16.1. The first-order valence-electron chi connectivity index (χ1n) is 5.86. The molecule has 1 rings (SSSR count). The van der Waals surface area contributed by atoms with Gasteiger partial charge in [-0.05, 0) is 12.8 Å². The summed E-state index contributed by atoms with van der Waals surface area (Å²) in [6.07, 6.45) is 4.10. The maximum Gasteiger partial charge on any atom is 0.138 e. The number of ketones is 1. The summed E-state index contributed by atoms with van der Waals surface area (Å²) >= 11 is 0. The molecule has 0 aliphatic heterocycles. The second kappa shape index (κ2) is 5.23. The van der Waals surface area contributed by atoms with Gasteiger partial charge >= 0.3 is 0 Å². The van der Waals surface area contributed by atoms with Gasteiger partial charge in [0.1, 0.15) is 5.78 Å². The average molecular weight is 223 g/mol. The number of aromatic nitrogens is 3. The lowest BCUT2D eigenvalue weighted by molar-refractivity contribution is -0.126. The van der Waals surface area contributed by atoms with Crippen molar-refractivity contribution in [2.24, 2.45) is 5.41 Å². The summed E-state index contributed by atoms with van der Waals surface area (Å²) in [6, 6.07) is 0. The highest BCUT2D eigenvalue weighted by molar-refractivity contribution is 5.83. The lowest BCUT2D eigenvalue weighted by Crippen LogP contribution is -2.21. The summed E-state index contributed by atoms with van der Waals surface area (Å²) in [5.74, 6) is 0.289. The van der Waals surface area contributed by atoms with Crippen LogP contribution < -0.4 is 0 Å². The first-order chi connectivity index (χ1) is 7.45. The summed E-state index contributed by atoms with van der Waals surface area (Å²) < 4.78 is 1.88. The van der Waals surface area contributed by atoms with Crippen molar-refractivity contribution in [2.75, 3.05) is 0 Å². The predicted molar refractivity (Wildman–Crippen MR) is 63.1 cm³/mol. The Bertz CT molecular complexity index is 349. The largest absolute Gasteiger partial charge is 0.299 e. The van der Waals surface area contributed by atoms with Gasteiger partial charge in [0, 0.05) is 18.4 Å². The van der Waals surface area contributed by atoms with Crippen LogP contribution in [0.1, 0.15) is 46.2 Å². The zero-order valence-corrected chi connectivity index (χ0v) is 10.7. The summed E-state index contributed by atoms with van der Waals surface area (Å²) in [7, 11) is 0. The molecule has 0 aliphatic carbocycles. The van der Waals surface area contributed by atoms with Crippen LogP contribution in [0.5, 0.6) is 0 Å². The number of rotatable bonds is 5. The number of hydrogen-bond donors (Lipinski definition) is 0. The minimum absolute atomic E-state index is 0.247. The molecule has 0 saturated carbocycles. The summed E-state index contributed by atoms with van der Waals surface area (Å²) in [5, 5.41) is 7.88. The SMILES string of the molecule is CCCn1nncc1CCC(=O)C(C)(C)C. The zero-order valence-electron chi connectivity index (χ0n) is 10.7. The lowest BCUT2D eigenvalue weighted by Gasteiger charge is -2.16. The van der Waals surface area contributed by atoms with Crippen LogP contribution in [0, 0.1) is 5.41 Å². The van der Waals surface area contributed by atoms with E-state index in [1.165, 1.54) is 0 Å². The molecule has 0 bridgehead atoms. The molecule has 0 N–H and O–H groups in total. The Morgan fingerprint density at radius 2 is 2.12 bits per heavy atom. The smallest absolute Gasteiger partial charge is 0.138 e. The van der Waals surface area contributed by atoms with E-state index in [9.17, 15) is 4.79 Å². The van der Waals surface area contributed by atoms with Crippen molar-refractivity contribution in [3.8, 4) is 0 Å². The number of nitrogens with zero attached hydrogens (tertiary/aromatic N) is 3. The van der Waals surface area contributed by atoms with E-state index >= 15 is 0 Å². The van der Waals surface area contributed by atoms with Gasteiger partial charge in [0.25, 0.3) is 0 Å². The highest BCUT2D eigenvalue weighted by Crippen LogP contribution is 2.18. The molecule has 0 amide bonds. The molecule has 0 unspecified atom stereocenters. The minimum atomic E-state index is -0.247. The normalized spacial score (nSPS) is 11.8. The fourth-order valence-electron chi connectivity index (χ4n) is 1.49. The van der Waals surface area contributed by atoms with Gasteiger partial charge < -0.3 is 0 Å². The number of hydrogen-bond acceptors (Lipinski definition) is 3. The molecule has 0 fully saturated rings. The Morgan fingerprint density at radius 3 is 2.69 bits per heavy atom. The van der Waals surface area contributed by atoms with Gasteiger partial charge in [-0.15, -0.1) is 5.10 Å². The van der Waals surface area contributed by atoms with Gasteiger partial charge in [0.15, 0.2) is 0 Å². The van der Waals surface area contributed by atoms with Crippen LogP contribution in [-0.4, -0.2) is 20.8 Å². The van der Waals surface area contributed by atoms with Crippen LogP contribution in [0.25, 0.3) is 0 Å². The molecule has 1 aromatic rings. The van der Waals surface area contributed by atoms with Gasteiger partial charge in [0.2, 0.25) is 0 Å². The monoisotopic (exact) mass is 223 g/mol. The van der Waals surface area contributed by atoms with Crippen LogP contribution in [0.3, 0.4) is 0 Å². The van der Waals surface area contributed by atoms with Crippen LogP contribution in [-0.2, 0) is 17.8 Å². The molecule has 1 heterocycles. The first-order valence-corrected chi connectivity index (χ1v) is 5.86. The van der Waals surface area contributed by atoms with Gasteiger partial charge in [-0.3, -0.25) is 4.79 Å².